The maximum atomic E-state index is 12.9. The van der Waals surface area contributed by atoms with Gasteiger partial charge in [-0.25, -0.2) is 4.98 Å². The minimum atomic E-state index is -0.0532. The van der Waals surface area contributed by atoms with Crippen molar-refractivity contribution in [3.8, 4) is 17.4 Å². The van der Waals surface area contributed by atoms with Crippen molar-refractivity contribution in [2.24, 2.45) is 7.05 Å². The number of amides is 1. The molecule has 3 aromatic heterocycles. The molecule has 1 amide bonds. The Labute approximate surface area is 156 Å². The lowest BCUT2D eigenvalue weighted by atomic mass is 10.0. The molecule has 140 valence electrons. The molecule has 0 N–H and O–H groups in total. The monoisotopic (exact) mass is 367 g/mol. The van der Waals surface area contributed by atoms with Crippen molar-refractivity contribution in [3.63, 3.8) is 0 Å². The maximum absolute atomic E-state index is 12.9. The van der Waals surface area contributed by atoms with Crippen LogP contribution in [0.1, 0.15) is 28.5 Å². The summed E-state index contributed by atoms with van der Waals surface area (Å²) in [5.41, 5.74) is 3.49. The predicted octanol–water partition coefficient (Wildman–Crippen LogP) is 1.30. The van der Waals surface area contributed by atoms with E-state index < -0.39 is 0 Å². The first-order chi connectivity index (χ1) is 13.1. The van der Waals surface area contributed by atoms with Crippen LogP contribution in [0.25, 0.3) is 11.5 Å². The van der Waals surface area contributed by atoms with Gasteiger partial charge in [0.2, 0.25) is 5.88 Å². The van der Waals surface area contributed by atoms with Gasteiger partial charge in [0.1, 0.15) is 12.0 Å². The Bertz CT molecular complexity index is 974. The number of methoxy groups -OCH3 is 1. The Kier molecular flexibility index (Phi) is 4.35. The van der Waals surface area contributed by atoms with Crippen LogP contribution >= 0.6 is 0 Å². The summed E-state index contributed by atoms with van der Waals surface area (Å²) in [7, 11) is 3.48. The van der Waals surface area contributed by atoms with Gasteiger partial charge in [0, 0.05) is 50.1 Å². The van der Waals surface area contributed by atoms with Crippen molar-refractivity contribution in [1.82, 2.24) is 34.4 Å². The zero-order valence-electron chi connectivity index (χ0n) is 15.6. The molecule has 0 radical (unpaired) electrons. The molecule has 1 aliphatic heterocycles. The van der Waals surface area contributed by atoms with Gasteiger partial charge in [-0.3, -0.25) is 9.48 Å². The molecule has 0 spiro atoms. The third kappa shape index (κ3) is 2.94. The lowest BCUT2D eigenvalue weighted by Crippen LogP contribution is -2.36. The Balaban J connectivity index is 1.65. The molecule has 0 fully saturated rings. The zero-order valence-corrected chi connectivity index (χ0v) is 15.6. The number of carbonyl (C=O) groups excluding carboxylic acids is 1. The zero-order chi connectivity index (χ0) is 19.0. The van der Waals surface area contributed by atoms with E-state index in [0.29, 0.717) is 24.5 Å². The number of aromatic nitrogens is 6. The van der Waals surface area contributed by atoms with Crippen LogP contribution in [-0.4, -0.2) is 54.0 Å². The molecule has 0 bridgehead atoms. The maximum Gasteiger partial charge on any atom is 0.255 e. The number of carbonyl (C=O) groups is 1. The third-order valence-electron chi connectivity index (χ3n) is 4.89. The van der Waals surface area contributed by atoms with Gasteiger partial charge in [-0.15, -0.1) is 10.2 Å². The second-order valence-electron chi connectivity index (χ2n) is 6.40. The van der Waals surface area contributed by atoms with Gasteiger partial charge in [-0.1, -0.05) is 0 Å². The molecule has 3 aromatic rings. The van der Waals surface area contributed by atoms with E-state index in [2.05, 4.69) is 20.3 Å². The largest absolute Gasteiger partial charge is 0.481 e. The fourth-order valence-corrected chi connectivity index (χ4v) is 3.43. The highest BCUT2D eigenvalue weighted by molar-refractivity contribution is 5.94. The average molecular weight is 367 g/mol. The number of hydrogen-bond acceptors (Lipinski definition) is 6. The first-order valence-corrected chi connectivity index (χ1v) is 8.84. The van der Waals surface area contributed by atoms with Crippen LogP contribution in [0, 0.1) is 0 Å². The van der Waals surface area contributed by atoms with Crippen LogP contribution in [0.3, 0.4) is 0 Å². The lowest BCUT2D eigenvalue weighted by Gasteiger charge is -2.27. The Morgan fingerprint density at radius 1 is 1.33 bits per heavy atom. The number of ether oxygens (including phenoxy) is 1. The number of pyridine rings is 1. The highest BCUT2D eigenvalue weighted by Crippen LogP contribution is 2.29. The number of hydrogen-bond donors (Lipinski definition) is 0. The van der Waals surface area contributed by atoms with E-state index in [1.165, 1.54) is 0 Å². The van der Waals surface area contributed by atoms with Crippen molar-refractivity contribution < 1.29 is 9.53 Å². The van der Waals surface area contributed by atoms with E-state index >= 15 is 0 Å². The molecule has 0 saturated carbocycles. The van der Waals surface area contributed by atoms with Crippen LogP contribution in [0.4, 0.5) is 0 Å². The summed E-state index contributed by atoms with van der Waals surface area (Å²) in [4.78, 5) is 18.9. The van der Waals surface area contributed by atoms with Gasteiger partial charge in [-0.05, 0) is 13.0 Å². The first kappa shape index (κ1) is 17.2. The van der Waals surface area contributed by atoms with Crippen molar-refractivity contribution >= 4 is 5.91 Å². The molecular weight excluding hydrogens is 346 g/mol. The smallest absolute Gasteiger partial charge is 0.255 e. The Morgan fingerprint density at radius 2 is 2.19 bits per heavy atom. The van der Waals surface area contributed by atoms with Crippen molar-refractivity contribution in [2.75, 3.05) is 13.7 Å². The summed E-state index contributed by atoms with van der Waals surface area (Å²) in [6, 6.07) is 3.43. The highest BCUT2D eigenvalue weighted by atomic mass is 16.5. The fraction of sp³-hybridized carbons (Fsp3) is 0.389. The van der Waals surface area contributed by atoms with Crippen LogP contribution in [0.15, 0.2) is 24.7 Å². The number of aryl methyl sites for hydroxylation is 2. The fourth-order valence-electron chi connectivity index (χ4n) is 3.43. The van der Waals surface area contributed by atoms with E-state index in [0.717, 1.165) is 35.7 Å². The molecular formula is C18H21N7O2. The summed E-state index contributed by atoms with van der Waals surface area (Å²) in [6.07, 6.45) is 3.99. The van der Waals surface area contributed by atoms with Crippen molar-refractivity contribution in [1.29, 1.82) is 0 Å². The average Bonchev–Trinajstić information content (AvgIpc) is 3.31. The van der Waals surface area contributed by atoms with E-state index in [9.17, 15) is 4.79 Å². The number of rotatable bonds is 4. The second-order valence-corrected chi connectivity index (χ2v) is 6.40. The Hall–Kier alpha value is -3.23. The summed E-state index contributed by atoms with van der Waals surface area (Å²) < 4.78 is 8.90. The van der Waals surface area contributed by atoms with Crippen LogP contribution in [0.5, 0.6) is 5.88 Å². The van der Waals surface area contributed by atoms with Gasteiger partial charge in [0.05, 0.1) is 19.2 Å². The topological polar surface area (TPSA) is 91.0 Å². The normalized spacial score (nSPS) is 13.5. The molecule has 9 heteroatoms. The molecule has 9 nitrogen and oxygen atoms in total. The molecule has 4 heterocycles. The summed E-state index contributed by atoms with van der Waals surface area (Å²) in [5, 5.41) is 12.9. The molecule has 0 aromatic carbocycles. The molecule has 0 aliphatic carbocycles. The van der Waals surface area contributed by atoms with Gasteiger partial charge in [0.15, 0.2) is 5.82 Å². The molecule has 0 atom stereocenters. The molecule has 4 rings (SSSR count). The van der Waals surface area contributed by atoms with Crippen LogP contribution < -0.4 is 4.74 Å². The SMILES string of the molecule is CCn1cnnc1-c1nn(C)c2c1CN(C(=O)c1ccc(OC)nc1)CC2. The second kappa shape index (κ2) is 6.82. The van der Waals surface area contributed by atoms with E-state index in [4.69, 9.17) is 4.74 Å². The summed E-state index contributed by atoms with van der Waals surface area (Å²) in [5.74, 6) is 1.17. The minimum Gasteiger partial charge on any atom is -0.481 e. The highest BCUT2D eigenvalue weighted by Gasteiger charge is 2.29. The van der Waals surface area contributed by atoms with Gasteiger partial charge in [0.25, 0.3) is 5.91 Å². The van der Waals surface area contributed by atoms with Gasteiger partial charge in [-0.2, -0.15) is 5.10 Å². The lowest BCUT2D eigenvalue weighted by molar-refractivity contribution is 0.0733. The van der Waals surface area contributed by atoms with Gasteiger partial charge < -0.3 is 14.2 Å². The van der Waals surface area contributed by atoms with E-state index in [-0.39, 0.29) is 5.91 Å². The summed E-state index contributed by atoms with van der Waals surface area (Å²) in [6.45, 7) is 3.92. The van der Waals surface area contributed by atoms with Gasteiger partial charge >= 0.3 is 0 Å². The molecule has 0 saturated heterocycles. The van der Waals surface area contributed by atoms with E-state index in [1.54, 1.807) is 31.8 Å². The third-order valence-corrected chi connectivity index (χ3v) is 4.89. The number of fused-ring (bicyclic) bond motifs is 1. The van der Waals surface area contributed by atoms with Crippen LogP contribution in [0.2, 0.25) is 0 Å². The minimum absolute atomic E-state index is 0.0532. The quantitative estimate of drug-likeness (QED) is 0.690. The summed E-state index contributed by atoms with van der Waals surface area (Å²) >= 11 is 0. The van der Waals surface area contributed by atoms with Crippen molar-refractivity contribution in [2.45, 2.75) is 26.4 Å². The standard InChI is InChI=1S/C18H21N7O2/c1-4-24-11-20-21-17(24)16-13-10-25(8-7-14(13)23(2)22-16)18(26)12-5-6-15(27-3)19-9-12/h5-6,9,11H,4,7-8,10H2,1-3H3. The van der Waals surface area contributed by atoms with Crippen LogP contribution in [-0.2, 0) is 26.6 Å². The number of nitrogens with zero attached hydrogens (tertiary/aromatic N) is 7. The Morgan fingerprint density at radius 3 is 2.89 bits per heavy atom. The van der Waals surface area contributed by atoms with E-state index in [1.807, 2.05) is 28.1 Å². The van der Waals surface area contributed by atoms with Crippen molar-refractivity contribution in [3.05, 3.63) is 41.5 Å². The predicted molar refractivity (Wildman–Crippen MR) is 97.1 cm³/mol. The molecule has 27 heavy (non-hydrogen) atoms. The molecule has 1 aliphatic rings. The first-order valence-electron chi connectivity index (χ1n) is 8.84. The molecule has 0 unspecified atom stereocenters.